The molecule has 146 valence electrons. The zero-order valence-corrected chi connectivity index (χ0v) is 19.7. The molecule has 0 aliphatic carbocycles. The molecule has 0 heterocycles. The van der Waals surface area contributed by atoms with Crippen molar-refractivity contribution in [2.45, 2.75) is 72.0 Å². The predicted octanol–water partition coefficient (Wildman–Crippen LogP) is 3.59. The molecule has 0 atom stereocenters. The molecule has 0 fully saturated rings. The highest BCUT2D eigenvalue weighted by Gasteiger charge is 2.30. The van der Waals surface area contributed by atoms with Crippen LogP contribution in [-0.2, 0) is 9.84 Å². The van der Waals surface area contributed by atoms with E-state index in [0.29, 0.717) is 12.5 Å². The van der Waals surface area contributed by atoms with E-state index in [-0.39, 0.29) is 29.4 Å². The van der Waals surface area contributed by atoms with E-state index >= 15 is 0 Å². The van der Waals surface area contributed by atoms with Crippen molar-refractivity contribution < 1.29 is 8.42 Å². The fourth-order valence-electron chi connectivity index (χ4n) is 2.00. The van der Waals surface area contributed by atoms with Gasteiger partial charge in [0.05, 0.1) is 4.75 Å². The number of nitrogens with zero attached hydrogens (tertiary/aromatic N) is 1. The molecule has 0 rings (SSSR count). The van der Waals surface area contributed by atoms with Gasteiger partial charge >= 0.3 is 0 Å². The van der Waals surface area contributed by atoms with Crippen LogP contribution in [0.4, 0.5) is 0 Å². The molecule has 5 nitrogen and oxygen atoms in total. The van der Waals surface area contributed by atoms with Gasteiger partial charge in [0.25, 0.3) is 0 Å². The molecule has 0 aromatic rings. The molecule has 0 amide bonds. The Kier molecular flexibility index (Phi) is 12.6. The Morgan fingerprint density at radius 1 is 1.04 bits per heavy atom. The van der Waals surface area contributed by atoms with E-state index in [0.717, 1.165) is 19.5 Å². The molecule has 7 heteroatoms. The van der Waals surface area contributed by atoms with Gasteiger partial charge < -0.3 is 10.6 Å². The van der Waals surface area contributed by atoms with Crippen LogP contribution in [0.3, 0.4) is 0 Å². The maximum Gasteiger partial charge on any atom is 0.191 e. The zero-order valence-electron chi connectivity index (χ0n) is 16.5. The quantitative estimate of drug-likeness (QED) is 0.219. The van der Waals surface area contributed by atoms with Gasteiger partial charge in [-0.15, -0.1) is 24.0 Å². The standard InChI is InChI=1S/C17H37N3O2S.HI/c1-8-10-11-12-16(3,4)13-19-15(18-9-2)20-14-17(5,6)23(7,21)22;/h8-14H2,1-7H3,(H2,18,19,20);1H. The fourth-order valence-corrected chi connectivity index (χ4v) is 2.33. The molecular weight excluding hydrogens is 437 g/mol. The smallest absolute Gasteiger partial charge is 0.191 e. The zero-order chi connectivity index (χ0) is 18.1. The average molecular weight is 475 g/mol. The second-order valence-corrected chi connectivity index (χ2v) is 10.4. The monoisotopic (exact) mass is 475 g/mol. The van der Waals surface area contributed by atoms with Crippen LogP contribution in [0.5, 0.6) is 0 Å². The van der Waals surface area contributed by atoms with Crippen LogP contribution >= 0.6 is 24.0 Å². The number of guanidine groups is 1. The number of hydrogen-bond donors (Lipinski definition) is 2. The van der Waals surface area contributed by atoms with Gasteiger partial charge in [-0.1, -0.05) is 40.0 Å². The first kappa shape index (κ1) is 26.2. The summed E-state index contributed by atoms with van der Waals surface area (Å²) in [5.41, 5.74) is 0.157. The second kappa shape index (κ2) is 11.5. The van der Waals surface area contributed by atoms with E-state index in [2.05, 4.69) is 36.4 Å². The van der Waals surface area contributed by atoms with Gasteiger partial charge in [-0.2, -0.15) is 0 Å². The number of rotatable bonds is 10. The van der Waals surface area contributed by atoms with Crippen molar-refractivity contribution in [3.8, 4) is 0 Å². The molecule has 0 bridgehead atoms. The highest BCUT2D eigenvalue weighted by Crippen LogP contribution is 2.24. The molecule has 0 aliphatic rings. The van der Waals surface area contributed by atoms with Crippen LogP contribution in [0.15, 0.2) is 4.99 Å². The minimum Gasteiger partial charge on any atom is -0.357 e. The Morgan fingerprint density at radius 2 is 1.62 bits per heavy atom. The van der Waals surface area contributed by atoms with Crippen LogP contribution in [0.2, 0.25) is 0 Å². The van der Waals surface area contributed by atoms with E-state index in [1.54, 1.807) is 13.8 Å². The first-order valence-electron chi connectivity index (χ1n) is 8.67. The van der Waals surface area contributed by atoms with Gasteiger partial charge in [-0.25, -0.2) is 8.42 Å². The summed E-state index contributed by atoms with van der Waals surface area (Å²) in [6, 6.07) is 0. The SMILES string of the molecule is CCCCCC(C)(C)CN=C(NCC)NCC(C)(C)S(C)(=O)=O.I. The maximum absolute atomic E-state index is 11.8. The second-order valence-electron chi connectivity index (χ2n) is 7.70. The summed E-state index contributed by atoms with van der Waals surface area (Å²) in [7, 11) is -3.12. The average Bonchev–Trinajstić information content (AvgIpc) is 2.41. The van der Waals surface area contributed by atoms with E-state index < -0.39 is 14.6 Å². The highest BCUT2D eigenvalue weighted by atomic mass is 127. The summed E-state index contributed by atoms with van der Waals surface area (Å²) in [5, 5.41) is 6.36. The first-order chi connectivity index (χ1) is 10.4. The first-order valence-corrected chi connectivity index (χ1v) is 10.6. The van der Waals surface area contributed by atoms with Gasteiger partial charge in [0.2, 0.25) is 0 Å². The number of halogens is 1. The van der Waals surface area contributed by atoms with Crippen LogP contribution in [-0.4, -0.2) is 45.0 Å². The maximum atomic E-state index is 11.8. The Hall–Kier alpha value is -0.0500. The molecule has 0 radical (unpaired) electrons. The lowest BCUT2D eigenvalue weighted by Crippen LogP contribution is -2.48. The summed E-state index contributed by atoms with van der Waals surface area (Å²) < 4.78 is 22.8. The summed E-state index contributed by atoms with van der Waals surface area (Å²) >= 11 is 0. The Bertz CT molecular complexity index is 474. The summed E-state index contributed by atoms with van der Waals surface area (Å²) in [5.74, 6) is 0.688. The molecule has 0 saturated carbocycles. The summed E-state index contributed by atoms with van der Waals surface area (Å²) in [6.45, 7) is 14.0. The van der Waals surface area contributed by atoms with E-state index in [4.69, 9.17) is 0 Å². The third-order valence-corrected chi connectivity index (χ3v) is 6.30. The van der Waals surface area contributed by atoms with Crippen LogP contribution in [0.1, 0.15) is 67.2 Å². The molecular formula is C17H38IN3O2S. The number of hydrogen-bond acceptors (Lipinski definition) is 3. The van der Waals surface area contributed by atoms with Crippen molar-refractivity contribution in [1.82, 2.24) is 10.6 Å². The molecule has 0 spiro atoms. The van der Waals surface area contributed by atoms with Gasteiger partial charge in [-0.3, -0.25) is 4.99 Å². The molecule has 0 aromatic carbocycles. The fraction of sp³-hybridized carbons (Fsp3) is 0.941. The van der Waals surface area contributed by atoms with Gasteiger partial charge in [0.1, 0.15) is 0 Å². The Morgan fingerprint density at radius 3 is 2.08 bits per heavy atom. The molecule has 2 N–H and O–H groups in total. The van der Waals surface area contributed by atoms with Crippen molar-refractivity contribution in [2.24, 2.45) is 10.4 Å². The van der Waals surface area contributed by atoms with Gasteiger partial charge in [-0.05, 0) is 32.6 Å². The predicted molar refractivity (Wildman–Crippen MR) is 116 cm³/mol. The third kappa shape index (κ3) is 10.7. The van der Waals surface area contributed by atoms with Crippen molar-refractivity contribution in [3.05, 3.63) is 0 Å². The largest absolute Gasteiger partial charge is 0.357 e. The number of aliphatic imine (C=N–C) groups is 1. The lowest BCUT2D eigenvalue weighted by atomic mass is 9.87. The summed E-state index contributed by atoms with van der Waals surface area (Å²) in [6.07, 6.45) is 6.14. The lowest BCUT2D eigenvalue weighted by Gasteiger charge is -2.26. The van der Waals surface area contributed by atoms with Gasteiger partial charge in [0.15, 0.2) is 15.8 Å². The molecule has 0 saturated heterocycles. The van der Waals surface area contributed by atoms with Crippen molar-refractivity contribution >= 4 is 39.8 Å². The molecule has 0 unspecified atom stereocenters. The molecule has 24 heavy (non-hydrogen) atoms. The minimum atomic E-state index is -3.12. The van der Waals surface area contributed by atoms with Crippen molar-refractivity contribution in [2.75, 3.05) is 25.9 Å². The highest BCUT2D eigenvalue weighted by molar-refractivity contribution is 14.0. The minimum absolute atomic E-state index is 0. The number of nitrogens with one attached hydrogen (secondary N) is 2. The van der Waals surface area contributed by atoms with Crippen LogP contribution in [0, 0.1) is 5.41 Å². The van der Waals surface area contributed by atoms with E-state index in [1.807, 2.05) is 6.92 Å². The Labute approximate surface area is 166 Å². The summed E-state index contributed by atoms with van der Waals surface area (Å²) in [4.78, 5) is 4.65. The molecule has 0 aliphatic heterocycles. The Balaban J connectivity index is 0. The number of unbranched alkanes of at least 4 members (excludes halogenated alkanes) is 2. The van der Waals surface area contributed by atoms with Gasteiger partial charge in [0, 0.05) is 25.9 Å². The van der Waals surface area contributed by atoms with Crippen LogP contribution in [0.25, 0.3) is 0 Å². The molecule has 0 aromatic heterocycles. The van der Waals surface area contributed by atoms with Crippen LogP contribution < -0.4 is 10.6 Å². The third-order valence-electron chi connectivity index (χ3n) is 4.15. The van der Waals surface area contributed by atoms with E-state index in [9.17, 15) is 8.42 Å². The number of sulfone groups is 1. The normalized spacial score (nSPS) is 13.4. The van der Waals surface area contributed by atoms with Crippen molar-refractivity contribution in [3.63, 3.8) is 0 Å². The van der Waals surface area contributed by atoms with E-state index in [1.165, 1.54) is 25.5 Å². The lowest BCUT2D eigenvalue weighted by molar-refractivity contribution is 0.332. The topological polar surface area (TPSA) is 70.6 Å². The van der Waals surface area contributed by atoms with Crippen molar-refractivity contribution in [1.29, 1.82) is 0 Å².